The molecule has 2 atom stereocenters. The molecule has 0 aromatic rings. The highest BCUT2D eigenvalue weighted by Gasteiger charge is 1.94. The minimum absolute atomic E-state index is 0.393. The average molecular weight is 156 g/mol. The van der Waals surface area contributed by atoms with Crippen molar-refractivity contribution in [2.75, 3.05) is 0 Å². The van der Waals surface area contributed by atoms with Crippen molar-refractivity contribution in [2.24, 2.45) is 0 Å². The van der Waals surface area contributed by atoms with Gasteiger partial charge in [0.15, 0.2) is 0 Å². The molecule has 0 saturated heterocycles. The third kappa shape index (κ3) is 7.30. The second-order valence-electron chi connectivity index (χ2n) is 2.55. The van der Waals surface area contributed by atoms with E-state index >= 15 is 0 Å². The van der Waals surface area contributed by atoms with E-state index in [0.29, 0.717) is 6.42 Å². The molecule has 0 aromatic heterocycles. The van der Waals surface area contributed by atoms with E-state index < -0.39 is 12.2 Å². The lowest BCUT2D eigenvalue weighted by atomic mass is 10.2. The smallest absolute Gasteiger partial charge is 0.0721 e. The van der Waals surface area contributed by atoms with Gasteiger partial charge in [0.1, 0.15) is 0 Å². The largest absolute Gasteiger partial charge is 0.389 e. The van der Waals surface area contributed by atoms with Crippen molar-refractivity contribution >= 4 is 0 Å². The van der Waals surface area contributed by atoms with Crippen LogP contribution in [0, 0.1) is 0 Å². The van der Waals surface area contributed by atoms with E-state index in [1.165, 1.54) is 6.08 Å². The number of rotatable bonds is 5. The maximum Gasteiger partial charge on any atom is 0.0721 e. The van der Waals surface area contributed by atoms with Crippen LogP contribution in [0.2, 0.25) is 0 Å². The molecule has 2 heteroatoms. The van der Waals surface area contributed by atoms with Gasteiger partial charge in [0.05, 0.1) is 12.2 Å². The van der Waals surface area contributed by atoms with Crippen molar-refractivity contribution in [2.45, 2.75) is 32.0 Å². The molecule has 0 aromatic carbocycles. The summed E-state index contributed by atoms with van der Waals surface area (Å²) in [7, 11) is 0. The van der Waals surface area contributed by atoms with Crippen LogP contribution in [0.25, 0.3) is 0 Å². The molecule has 0 fully saturated rings. The second-order valence-corrected chi connectivity index (χ2v) is 2.55. The lowest BCUT2D eigenvalue weighted by molar-refractivity contribution is 0.213. The van der Waals surface area contributed by atoms with Crippen LogP contribution in [-0.4, -0.2) is 22.4 Å². The Hall–Kier alpha value is -0.600. The summed E-state index contributed by atoms with van der Waals surface area (Å²) in [4.78, 5) is 0. The molecule has 2 N–H and O–H groups in total. The Kier molecular flexibility index (Phi) is 5.80. The van der Waals surface area contributed by atoms with Gasteiger partial charge in [-0.05, 0) is 19.8 Å². The van der Waals surface area contributed by atoms with Gasteiger partial charge in [-0.15, -0.1) is 6.58 Å². The normalized spacial score (nSPS) is 16.6. The van der Waals surface area contributed by atoms with E-state index in [-0.39, 0.29) is 0 Å². The Balaban J connectivity index is 3.33. The maximum absolute atomic E-state index is 9.01. The maximum atomic E-state index is 9.01. The summed E-state index contributed by atoms with van der Waals surface area (Å²) >= 11 is 0. The second kappa shape index (κ2) is 6.13. The van der Waals surface area contributed by atoms with Gasteiger partial charge >= 0.3 is 0 Å². The monoisotopic (exact) mass is 156 g/mol. The zero-order chi connectivity index (χ0) is 8.69. The molecule has 0 saturated carbocycles. The van der Waals surface area contributed by atoms with Crippen LogP contribution < -0.4 is 0 Å². The highest BCUT2D eigenvalue weighted by Crippen LogP contribution is 1.99. The Morgan fingerprint density at radius 2 is 2.09 bits per heavy atom. The summed E-state index contributed by atoms with van der Waals surface area (Å²) in [5.41, 5.74) is 0. The summed E-state index contributed by atoms with van der Waals surface area (Å²) in [5.74, 6) is 0. The predicted molar refractivity (Wildman–Crippen MR) is 46.3 cm³/mol. The fourth-order valence-corrected chi connectivity index (χ4v) is 0.678. The minimum atomic E-state index is -0.423. The van der Waals surface area contributed by atoms with Gasteiger partial charge in [-0.3, -0.25) is 0 Å². The van der Waals surface area contributed by atoms with Gasteiger partial charge < -0.3 is 10.2 Å². The van der Waals surface area contributed by atoms with Gasteiger partial charge in [0, 0.05) is 0 Å². The van der Waals surface area contributed by atoms with E-state index in [4.69, 9.17) is 10.2 Å². The Labute approximate surface area is 67.9 Å². The molecule has 2 unspecified atom stereocenters. The summed E-state index contributed by atoms with van der Waals surface area (Å²) in [6.07, 6.45) is 5.71. The van der Waals surface area contributed by atoms with Crippen LogP contribution in [0.5, 0.6) is 0 Å². The molecule has 0 heterocycles. The molecule has 0 aliphatic heterocycles. The van der Waals surface area contributed by atoms with Crippen molar-refractivity contribution in [1.82, 2.24) is 0 Å². The van der Waals surface area contributed by atoms with Gasteiger partial charge in [-0.25, -0.2) is 0 Å². The lowest BCUT2D eigenvalue weighted by Crippen LogP contribution is -1.99. The molecule has 0 bridgehead atoms. The molecule has 0 spiro atoms. The zero-order valence-corrected chi connectivity index (χ0v) is 6.90. The van der Waals surface area contributed by atoms with Crippen LogP contribution in [-0.2, 0) is 0 Å². The number of hydrogen-bond donors (Lipinski definition) is 2. The zero-order valence-electron chi connectivity index (χ0n) is 6.90. The molecular formula is C9H16O2. The molecule has 0 radical (unpaired) electrons. The van der Waals surface area contributed by atoms with Crippen molar-refractivity contribution < 1.29 is 10.2 Å². The fourth-order valence-electron chi connectivity index (χ4n) is 0.678. The van der Waals surface area contributed by atoms with E-state index in [2.05, 4.69) is 6.58 Å². The van der Waals surface area contributed by atoms with Gasteiger partial charge in [0.25, 0.3) is 0 Å². The van der Waals surface area contributed by atoms with Crippen molar-refractivity contribution in [1.29, 1.82) is 0 Å². The molecule has 64 valence electrons. The summed E-state index contributed by atoms with van der Waals surface area (Å²) in [6, 6.07) is 0. The first-order valence-corrected chi connectivity index (χ1v) is 3.82. The van der Waals surface area contributed by atoms with E-state index in [1.54, 1.807) is 13.0 Å². The van der Waals surface area contributed by atoms with Gasteiger partial charge in [-0.2, -0.15) is 0 Å². The van der Waals surface area contributed by atoms with Gasteiger partial charge in [0.2, 0.25) is 0 Å². The molecule has 0 aliphatic rings. The van der Waals surface area contributed by atoms with E-state index in [0.717, 1.165) is 6.42 Å². The molecule has 11 heavy (non-hydrogen) atoms. The van der Waals surface area contributed by atoms with Crippen LogP contribution >= 0.6 is 0 Å². The Morgan fingerprint density at radius 3 is 2.55 bits per heavy atom. The van der Waals surface area contributed by atoms with Crippen molar-refractivity contribution in [3.63, 3.8) is 0 Å². The molecule has 2 nitrogen and oxygen atoms in total. The van der Waals surface area contributed by atoms with Gasteiger partial charge in [-0.1, -0.05) is 18.2 Å². The van der Waals surface area contributed by atoms with Crippen LogP contribution in [0.3, 0.4) is 0 Å². The topological polar surface area (TPSA) is 40.5 Å². The molecule has 0 aliphatic carbocycles. The number of allylic oxidation sites excluding steroid dienone is 1. The number of hydrogen-bond acceptors (Lipinski definition) is 2. The third-order valence-electron chi connectivity index (χ3n) is 1.32. The lowest BCUT2D eigenvalue weighted by Gasteiger charge is -2.00. The van der Waals surface area contributed by atoms with Crippen molar-refractivity contribution in [3.8, 4) is 0 Å². The Morgan fingerprint density at radius 1 is 1.45 bits per heavy atom. The summed E-state index contributed by atoms with van der Waals surface area (Å²) in [6.45, 7) is 5.15. The van der Waals surface area contributed by atoms with E-state index in [1.807, 2.05) is 6.08 Å². The van der Waals surface area contributed by atoms with E-state index in [9.17, 15) is 0 Å². The Bertz CT molecular complexity index is 128. The first-order valence-electron chi connectivity index (χ1n) is 3.82. The van der Waals surface area contributed by atoms with Crippen molar-refractivity contribution in [3.05, 3.63) is 24.8 Å². The minimum Gasteiger partial charge on any atom is -0.389 e. The standard InChI is InChI=1S/C9H16O2/c1-3-9(11)7-5-4-6-8(2)10/h3-4,6,8-11H,1,5,7H2,2H3. The van der Waals surface area contributed by atoms with Crippen LogP contribution in [0.15, 0.2) is 24.8 Å². The number of aliphatic hydroxyl groups excluding tert-OH is 2. The molecule has 0 amide bonds. The first kappa shape index (κ1) is 10.4. The highest BCUT2D eigenvalue weighted by atomic mass is 16.3. The highest BCUT2D eigenvalue weighted by molar-refractivity contribution is 4.88. The summed E-state index contributed by atoms with van der Waals surface area (Å²) in [5, 5.41) is 17.8. The average Bonchev–Trinajstić information content (AvgIpc) is 1.97. The quantitative estimate of drug-likeness (QED) is 0.588. The summed E-state index contributed by atoms with van der Waals surface area (Å²) < 4.78 is 0. The SMILES string of the molecule is C=CC(O)CCC=CC(C)O. The fraction of sp³-hybridized carbons (Fsp3) is 0.556. The predicted octanol–water partition coefficient (Wildman–Crippen LogP) is 1.25. The number of aliphatic hydroxyl groups is 2. The molecular weight excluding hydrogens is 140 g/mol. The first-order chi connectivity index (χ1) is 5.16. The van der Waals surface area contributed by atoms with Crippen LogP contribution in [0.1, 0.15) is 19.8 Å². The van der Waals surface area contributed by atoms with Crippen LogP contribution in [0.4, 0.5) is 0 Å². The third-order valence-corrected chi connectivity index (χ3v) is 1.32. The molecule has 0 rings (SSSR count).